The van der Waals surface area contributed by atoms with E-state index in [0.29, 0.717) is 22.2 Å². The maximum atomic E-state index is 12.4. The lowest BCUT2D eigenvalue weighted by Gasteiger charge is -2.07. The number of benzene rings is 1. The van der Waals surface area contributed by atoms with E-state index < -0.39 is 6.09 Å². The largest absolute Gasteiger partial charge is 0.465 e. The second-order valence-corrected chi connectivity index (χ2v) is 4.70. The summed E-state index contributed by atoms with van der Waals surface area (Å²) in [7, 11) is 1.39. The second kappa shape index (κ2) is 5.28. The third-order valence-electron chi connectivity index (χ3n) is 3.28. The van der Waals surface area contributed by atoms with Crippen LogP contribution in [0.2, 0.25) is 0 Å². The average molecular weight is 296 g/mol. The quantitative estimate of drug-likeness (QED) is 0.722. The van der Waals surface area contributed by atoms with Crippen LogP contribution >= 0.6 is 0 Å². The normalized spacial score (nSPS) is 10.6. The van der Waals surface area contributed by atoms with Crippen molar-refractivity contribution in [3.05, 3.63) is 53.9 Å². The molecule has 0 saturated heterocycles. The van der Waals surface area contributed by atoms with Crippen molar-refractivity contribution in [3.8, 4) is 0 Å². The van der Waals surface area contributed by atoms with Gasteiger partial charge >= 0.3 is 6.09 Å². The van der Waals surface area contributed by atoms with Gasteiger partial charge in [-0.1, -0.05) is 0 Å². The van der Waals surface area contributed by atoms with Crippen molar-refractivity contribution in [2.45, 2.75) is 0 Å². The molecular formula is C15H12N4O3. The number of carbonyl (C=O) groups is 2. The van der Waals surface area contributed by atoms with Crippen molar-refractivity contribution in [2.24, 2.45) is 0 Å². The minimum atomic E-state index is -1.12. The molecule has 0 aliphatic carbocycles. The monoisotopic (exact) mass is 296 g/mol. The molecule has 0 spiro atoms. The molecule has 110 valence electrons. The van der Waals surface area contributed by atoms with E-state index in [9.17, 15) is 9.59 Å². The predicted molar refractivity (Wildman–Crippen MR) is 80.2 cm³/mol. The van der Waals surface area contributed by atoms with Crippen LogP contribution in [0.4, 0.5) is 10.7 Å². The number of carbonyl (C=O) groups excluding carboxylic acids is 1. The van der Waals surface area contributed by atoms with Gasteiger partial charge in [0.1, 0.15) is 0 Å². The van der Waals surface area contributed by atoms with E-state index in [0.717, 1.165) is 4.90 Å². The number of fused-ring (bicyclic) bond motifs is 1. The van der Waals surface area contributed by atoms with Crippen molar-refractivity contribution in [1.82, 2.24) is 15.0 Å². The third-order valence-corrected chi connectivity index (χ3v) is 3.28. The Hall–Kier alpha value is -3.22. The van der Waals surface area contributed by atoms with Crippen molar-refractivity contribution < 1.29 is 14.7 Å². The van der Waals surface area contributed by atoms with E-state index in [-0.39, 0.29) is 11.7 Å². The number of nitrogens with one attached hydrogen (secondary N) is 1. The molecule has 3 aromatic rings. The van der Waals surface area contributed by atoms with Crippen LogP contribution in [0.25, 0.3) is 11.0 Å². The number of carboxylic acid groups (broad SMARTS) is 1. The summed E-state index contributed by atoms with van der Waals surface area (Å²) in [4.78, 5) is 35.2. The number of amides is 1. The van der Waals surface area contributed by atoms with Crippen LogP contribution in [0.1, 0.15) is 15.9 Å². The van der Waals surface area contributed by atoms with Crippen LogP contribution in [-0.2, 0) is 0 Å². The summed E-state index contributed by atoms with van der Waals surface area (Å²) in [5, 5.41) is 8.96. The Morgan fingerprint density at radius 2 is 1.86 bits per heavy atom. The van der Waals surface area contributed by atoms with E-state index >= 15 is 0 Å². The van der Waals surface area contributed by atoms with Crippen molar-refractivity contribution in [3.63, 3.8) is 0 Å². The number of pyridine rings is 1. The summed E-state index contributed by atoms with van der Waals surface area (Å²) < 4.78 is 0. The molecule has 0 fully saturated rings. The molecule has 0 aliphatic rings. The van der Waals surface area contributed by atoms with E-state index in [4.69, 9.17) is 5.11 Å². The first kappa shape index (κ1) is 13.7. The van der Waals surface area contributed by atoms with Crippen molar-refractivity contribution in [1.29, 1.82) is 0 Å². The lowest BCUT2D eigenvalue weighted by Crippen LogP contribution is -2.24. The first-order valence-corrected chi connectivity index (χ1v) is 6.47. The Morgan fingerprint density at radius 1 is 1.14 bits per heavy atom. The van der Waals surface area contributed by atoms with Crippen molar-refractivity contribution >= 4 is 28.9 Å². The number of rotatable bonds is 3. The Labute approximate surface area is 125 Å². The van der Waals surface area contributed by atoms with Crippen LogP contribution in [0.3, 0.4) is 0 Å². The smallest absolute Gasteiger partial charge is 0.413 e. The van der Waals surface area contributed by atoms with Crippen LogP contribution in [0.15, 0.2) is 42.7 Å². The summed E-state index contributed by atoms with van der Waals surface area (Å²) >= 11 is 0. The number of aromatic amines is 1. The minimum absolute atomic E-state index is 0.132. The molecular weight excluding hydrogens is 284 g/mol. The molecule has 0 aliphatic heterocycles. The van der Waals surface area contributed by atoms with Crippen LogP contribution in [0.5, 0.6) is 0 Å². The Morgan fingerprint density at radius 3 is 2.55 bits per heavy atom. The van der Waals surface area contributed by atoms with E-state index in [1.54, 1.807) is 42.7 Å². The first-order chi connectivity index (χ1) is 10.6. The number of nitrogens with zero attached hydrogens (tertiary/aromatic N) is 3. The van der Waals surface area contributed by atoms with Gasteiger partial charge < -0.3 is 10.1 Å². The fourth-order valence-corrected chi connectivity index (χ4v) is 2.06. The number of anilines is 1. The van der Waals surface area contributed by atoms with E-state index in [1.165, 1.54) is 7.05 Å². The lowest BCUT2D eigenvalue weighted by atomic mass is 10.0. The predicted octanol–water partition coefficient (Wildman–Crippen LogP) is 2.30. The zero-order chi connectivity index (χ0) is 15.7. The summed E-state index contributed by atoms with van der Waals surface area (Å²) in [5.74, 6) is 0.0723. The number of aromatic nitrogens is 3. The standard InChI is InChI=1S/C15H12N4O3/c1-19(15(21)22)14-17-11-3-2-10(8-12(11)18-14)13(20)9-4-6-16-7-5-9/h2-8H,1H3,(H,17,18)(H,21,22). The Balaban J connectivity index is 2.00. The summed E-state index contributed by atoms with van der Waals surface area (Å²) in [6, 6.07) is 8.28. The summed E-state index contributed by atoms with van der Waals surface area (Å²) in [6.45, 7) is 0. The fraction of sp³-hybridized carbons (Fsp3) is 0.0667. The molecule has 0 radical (unpaired) electrons. The second-order valence-electron chi connectivity index (χ2n) is 4.70. The molecule has 1 amide bonds. The molecule has 0 unspecified atom stereocenters. The van der Waals surface area contributed by atoms with E-state index in [2.05, 4.69) is 15.0 Å². The SMILES string of the molecule is CN(C(=O)O)c1nc2ccc(C(=O)c3ccncc3)cc2[nH]1. The molecule has 1 aromatic carbocycles. The summed E-state index contributed by atoms with van der Waals surface area (Å²) in [6.07, 6.45) is 2.00. The topological polar surface area (TPSA) is 99.2 Å². The number of ketones is 1. The molecule has 7 heteroatoms. The minimum Gasteiger partial charge on any atom is -0.465 e. The zero-order valence-electron chi connectivity index (χ0n) is 11.6. The van der Waals surface area contributed by atoms with Crippen LogP contribution in [0, 0.1) is 0 Å². The van der Waals surface area contributed by atoms with Gasteiger partial charge in [0.25, 0.3) is 0 Å². The molecule has 22 heavy (non-hydrogen) atoms. The van der Waals surface area contributed by atoms with Gasteiger partial charge in [-0.2, -0.15) is 0 Å². The molecule has 0 saturated carbocycles. The Kier molecular flexibility index (Phi) is 3.30. The molecule has 0 atom stereocenters. The van der Waals surface area contributed by atoms with Gasteiger partial charge in [0.2, 0.25) is 5.95 Å². The number of imidazole rings is 1. The van der Waals surface area contributed by atoms with Crippen LogP contribution in [-0.4, -0.2) is 39.0 Å². The van der Waals surface area contributed by atoms with Crippen LogP contribution < -0.4 is 4.90 Å². The highest BCUT2D eigenvalue weighted by Crippen LogP contribution is 2.19. The van der Waals surface area contributed by atoms with Gasteiger partial charge in [0.15, 0.2) is 5.78 Å². The molecule has 7 nitrogen and oxygen atoms in total. The van der Waals surface area contributed by atoms with Crippen molar-refractivity contribution in [2.75, 3.05) is 11.9 Å². The van der Waals surface area contributed by atoms with Gasteiger partial charge in [-0.15, -0.1) is 0 Å². The molecule has 0 bridgehead atoms. The fourth-order valence-electron chi connectivity index (χ4n) is 2.06. The lowest BCUT2D eigenvalue weighted by molar-refractivity contribution is 0.103. The van der Waals surface area contributed by atoms with Gasteiger partial charge in [0.05, 0.1) is 11.0 Å². The number of hydrogen-bond acceptors (Lipinski definition) is 4. The highest BCUT2D eigenvalue weighted by Gasteiger charge is 2.15. The van der Waals surface area contributed by atoms with Gasteiger partial charge in [0, 0.05) is 30.6 Å². The maximum absolute atomic E-state index is 12.4. The van der Waals surface area contributed by atoms with Gasteiger partial charge in [-0.3, -0.25) is 14.7 Å². The zero-order valence-corrected chi connectivity index (χ0v) is 11.6. The molecule has 2 N–H and O–H groups in total. The molecule has 2 heterocycles. The summed E-state index contributed by atoms with van der Waals surface area (Å²) in [5.41, 5.74) is 2.22. The van der Waals surface area contributed by atoms with Gasteiger partial charge in [-0.25, -0.2) is 9.78 Å². The third kappa shape index (κ3) is 2.39. The highest BCUT2D eigenvalue weighted by molar-refractivity contribution is 6.10. The van der Waals surface area contributed by atoms with E-state index in [1.807, 2.05) is 0 Å². The average Bonchev–Trinajstić information content (AvgIpc) is 2.97. The molecule has 2 aromatic heterocycles. The first-order valence-electron chi connectivity index (χ1n) is 6.47. The maximum Gasteiger partial charge on any atom is 0.413 e. The van der Waals surface area contributed by atoms with Gasteiger partial charge in [-0.05, 0) is 30.3 Å². The Bertz CT molecular complexity index is 858. The highest BCUT2D eigenvalue weighted by atomic mass is 16.4. The molecule has 3 rings (SSSR count). The number of H-pyrrole nitrogens is 1. The number of hydrogen-bond donors (Lipinski definition) is 2.